The third-order valence-electron chi connectivity index (χ3n) is 3.49. The van der Waals surface area contributed by atoms with Crippen molar-refractivity contribution in [3.63, 3.8) is 0 Å². The number of nitrogens with zero attached hydrogens (tertiary/aromatic N) is 3. The summed E-state index contributed by atoms with van der Waals surface area (Å²) in [5.41, 5.74) is 0.0310. The number of rotatable bonds is 2. The number of hydrogen-bond donors (Lipinski definition) is 1. The predicted octanol–water partition coefficient (Wildman–Crippen LogP) is 2.30. The van der Waals surface area contributed by atoms with Crippen LogP contribution in [0, 0.1) is 11.6 Å². The van der Waals surface area contributed by atoms with Crippen molar-refractivity contribution in [3.05, 3.63) is 59.9 Å². The van der Waals surface area contributed by atoms with Gasteiger partial charge in [-0.15, -0.1) is 0 Å². The van der Waals surface area contributed by atoms with Gasteiger partial charge in [-0.1, -0.05) is 0 Å². The van der Waals surface area contributed by atoms with Crippen LogP contribution in [0.1, 0.15) is 23.9 Å². The largest absolute Gasteiger partial charge is 0.510 e. The van der Waals surface area contributed by atoms with Crippen LogP contribution < -0.4 is 0 Å². The van der Waals surface area contributed by atoms with E-state index in [-0.39, 0.29) is 23.5 Å². The molecule has 0 unspecified atom stereocenters. The molecule has 0 saturated carbocycles. The Morgan fingerprint density at radius 3 is 2.86 bits per heavy atom. The lowest BCUT2D eigenvalue weighted by atomic mass is 9.82. The molecule has 5 nitrogen and oxygen atoms in total. The Balaban J connectivity index is 2.12. The minimum atomic E-state index is -0.790. The lowest BCUT2D eigenvalue weighted by molar-refractivity contribution is -0.116. The van der Waals surface area contributed by atoms with Crippen LogP contribution in [0.4, 0.5) is 8.78 Å². The molecule has 1 aliphatic rings. The second-order valence-corrected chi connectivity index (χ2v) is 4.83. The molecule has 21 heavy (non-hydrogen) atoms. The zero-order chi connectivity index (χ0) is 15.0. The molecule has 2 aromatic rings. The van der Waals surface area contributed by atoms with Crippen molar-refractivity contribution in [1.29, 1.82) is 0 Å². The molecule has 0 spiro atoms. The zero-order valence-electron chi connectivity index (χ0n) is 10.8. The fourth-order valence-electron chi connectivity index (χ4n) is 2.60. The summed E-state index contributed by atoms with van der Waals surface area (Å²) in [5.74, 6) is -2.58. The van der Waals surface area contributed by atoms with Crippen molar-refractivity contribution >= 4 is 5.78 Å². The molecule has 1 aromatic heterocycles. The zero-order valence-corrected chi connectivity index (χ0v) is 10.8. The number of aliphatic hydroxyl groups excluding tert-OH is 1. The van der Waals surface area contributed by atoms with E-state index in [1.165, 1.54) is 17.3 Å². The van der Waals surface area contributed by atoms with E-state index in [1.54, 1.807) is 0 Å². The van der Waals surface area contributed by atoms with Gasteiger partial charge in [0.25, 0.3) is 0 Å². The minimum absolute atomic E-state index is 0.0310. The third kappa shape index (κ3) is 2.42. The Morgan fingerprint density at radius 2 is 2.14 bits per heavy atom. The van der Waals surface area contributed by atoms with Gasteiger partial charge in [0.05, 0.1) is 0 Å². The summed E-state index contributed by atoms with van der Waals surface area (Å²) < 4.78 is 28.7. The maximum absolute atomic E-state index is 14.0. The Hall–Kier alpha value is -2.57. The van der Waals surface area contributed by atoms with E-state index in [0.29, 0.717) is 0 Å². The van der Waals surface area contributed by atoms with Crippen LogP contribution in [-0.4, -0.2) is 25.7 Å². The molecule has 0 saturated heterocycles. The second-order valence-electron chi connectivity index (χ2n) is 4.83. The van der Waals surface area contributed by atoms with Crippen LogP contribution >= 0.6 is 0 Å². The number of halogens is 2. The number of ketones is 1. The van der Waals surface area contributed by atoms with Crippen molar-refractivity contribution in [2.24, 2.45) is 0 Å². The molecule has 0 radical (unpaired) electrons. The van der Waals surface area contributed by atoms with Crippen molar-refractivity contribution in [2.45, 2.75) is 18.4 Å². The van der Waals surface area contributed by atoms with Crippen LogP contribution in [0.15, 0.2) is 42.7 Å². The van der Waals surface area contributed by atoms with E-state index in [9.17, 15) is 18.7 Å². The molecule has 108 valence electrons. The molecule has 7 heteroatoms. The lowest BCUT2D eigenvalue weighted by Crippen LogP contribution is -2.27. The quantitative estimate of drug-likeness (QED) is 0.921. The smallest absolute Gasteiger partial charge is 0.159 e. The number of aromatic nitrogens is 3. The summed E-state index contributed by atoms with van der Waals surface area (Å²) in [6, 6.07) is 2.25. The number of hydrogen-bond acceptors (Lipinski definition) is 4. The summed E-state index contributed by atoms with van der Waals surface area (Å²) in [4.78, 5) is 15.5. The Morgan fingerprint density at radius 1 is 1.33 bits per heavy atom. The van der Waals surface area contributed by atoms with Crippen molar-refractivity contribution in [1.82, 2.24) is 14.8 Å². The standard InChI is InChI=1S/C14H11F2N3O2/c15-8-1-2-12(16)10(3-8)11-4-9(20)5-13(21)14(11)19-7-17-6-18-19/h1-3,5-7,11,14,21H,4H2/t11-,14-/m1/s1. The molecule has 1 aromatic carbocycles. The summed E-state index contributed by atoms with van der Waals surface area (Å²) in [5, 5.41) is 14.0. The lowest BCUT2D eigenvalue weighted by Gasteiger charge is -2.29. The topological polar surface area (TPSA) is 68.0 Å². The number of carbonyl (C=O) groups excluding carboxylic acids is 1. The molecule has 1 aliphatic carbocycles. The Kier molecular flexibility index (Phi) is 3.25. The van der Waals surface area contributed by atoms with Gasteiger partial charge in [0.15, 0.2) is 5.78 Å². The van der Waals surface area contributed by atoms with Gasteiger partial charge in [-0.05, 0) is 23.8 Å². The maximum atomic E-state index is 14.0. The Labute approximate surface area is 118 Å². The number of carbonyl (C=O) groups is 1. The molecule has 1 heterocycles. The molecule has 0 aliphatic heterocycles. The van der Waals surface area contributed by atoms with Gasteiger partial charge in [0.2, 0.25) is 0 Å². The van der Waals surface area contributed by atoms with Gasteiger partial charge < -0.3 is 5.11 Å². The summed E-state index contributed by atoms with van der Waals surface area (Å²) in [7, 11) is 0. The van der Waals surface area contributed by atoms with Crippen LogP contribution in [0.3, 0.4) is 0 Å². The first kappa shape index (κ1) is 13.4. The molecule has 2 atom stereocenters. The van der Waals surface area contributed by atoms with E-state index < -0.39 is 23.6 Å². The predicted molar refractivity (Wildman–Crippen MR) is 68.5 cm³/mol. The number of benzene rings is 1. The molecule has 0 amide bonds. The van der Waals surface area contributed by atoms with E-state index in [4.69, 9.17) is 0 Å². The first-order valence-electron chi connectivity index (χ1n) is 6.28. The molecule has 3 rings (SSSR count). The first-order chi connectivity index (χ1) is 10.1. The Bertz CT molecular complexity index is 713. The first-order valence-corrected chi connectivity index (χ1v) is 6.28. The van der Waals surface area contributed by atoms with Crippen LogP contribution in [0.2, 0.25) is 0 Å². The van der Waals surface area contributed by atoms with E-state index in [0.717, 1.165) is 24.3 Å². The van der Waals surface area contributed by atoms with Gasteiger partial charge in [0.1, 0.15) is 36.1 Å². The van der Waals surface area contributed by atoms with Crippen LogP contribution in [0.25, 0.3) is 0 Å². The average Bonchev–Trinajstić information content (AvgIpc) is 2.94. The molecular weight excluding hydrogens is 280 g/mol. The fraction of sp³-hybridized carbons (Fsp3) is 0.214. The highest BCUT2D eigenvalue weighted by Crippen LogP contribution is 2.40. The highest BCUT2D eigenvalue weighted by atomic mass is 19.1. The highest BCUT2D eigenvalue weighted by Gasteiger charge is 2.36. The molecule has 0 fully saturated rings. The maximum Gasteiger partial charge on any atom is 0.159 e. The van der Waals surface area contributed by atoms with Crippen molar-refractivity contribution in [3.8, 4) is 0 Å². The normalized spacial score (nSPS) is 22.2. The SMILES string of the molecule is O=C1C=C(O)[C@H](n2cncn2)[C@@H](c2cc(F)ccc2F)C1. The minimum Gasteiger partial charge on any atom is -0.510 e. The van der Waals surface area contributed by atoms with E-state index in [2.05, 4.69) is 10.1 Å². The molecular formula is C14H11F2N3O2. The number of aliphatic hydroxyl groups is 1. The van der Waals surface area contributed by atoms with E-state index in [1.807, 2.05) is 0 Å². The monoisotopic (exact) mass is 291 g/mol. The van der Waals surface area contributed by atoms with Crippen molar-refractivity contribution < 1.29 is 18.7 Å². The summed E-state index contributed by atoms with van der Waals surface area (Å²) in [6.07, 6.45) is 3.66. The number of allylic oxidation sites excluding steroid dienone is 2. The third-order valence-corrected chi connectivity index (χ3v) is 3.49. The molecule has 0 bridgehead atoms. The van der Waals surface area contributed by atoms with Gasteiger partial charge in [0, 0.05) is 18.4 Å². The fourth-order valence-corrected chi connectivity index (χ4v) is 2.60. The average molecular weight is 291 g/mol. The summed E-state index contributed by atoms with van der Waals surface area (Å²) >= 11 is 0. The van der Waals surface area contributed by atoms with Gasteiger partial charge in [-0.2, -0.15) is 5.10 Å². The second kappa shape index (κ2) is 5.08. The van der Waals surface area contributed by atoms with Gasteiger partial charge >= 0.3 is 0 Å². The van der Waals surface area contributed by atoms with Gasteiger partial charge in [-0.25, -0.2) is 18.4 Å². The highest BCUT2D eigenvalue weighted by molar-refractivity contribution is 5.92. The summed E-state index contributed by atoms with van der Waals surface area (Å²) in [6.45, 7) is 0. The van der Waals surface area contributed by atoms with Crippen molar-refractivity contribution in [2.75, 3.05) is 0 Å². The van der Waals surface area contributed by atoms with E-state index >= 15 is 0 Å². The van der Waals surface area contributed by atoms with Crippen LogP contribution in [0.5, 0.6) is 0 Å². The van der Waals surface area contributed by atoms with Gasteiger partial charge in [-0.3, -0.25) is 4.79 Å². The molecule has 1 N–H and O–H groups in total. The van der Waals surface area contributed by atoms with Crippen LogP contribution in [-0.2, 0) is 4.79 Å².